The Labute approximate surface area is 264 Å². The summed E-state index contributed by atoms with van der Waals surface area (Å²) in [6, 6.07) is 6.31. The summed E-state index contributed by atoms with van der Waals surface area (Å²) >= 11 is 0. The summed E-state index contributed by atoms with van der Waals surface area (Å²) in [5, 5.41) is 16.2. The van der Waals surface area contributed by atoms with Gasteiger partial charge in [0.25, 0.3) is 0 Å². The third-order valence-electron chi connectivity index (χ3n) is 8.78. The number of aromatic nitrogens is 4. The number of fused-ring (bicyclic) bond motifs is 1. The number of piperidine rings is 1. The molecular formula is C28H40Cl2N8O4S. The third kappa shape index (κ3) is 7.17. The molecule has 236 valence electrons. The summed E-state index contributed by atoms with van der Waals surface area (Å²) in [4.78, 5) is 25.8. The first-order chi connectivity index (χ1) is 19.8. The fraction of sp³-hybridized carbons (Fsp3) is 0.571. The summed E-state index contributed by atoms with van der Waals surface area (Å²) < 4.78 is 30.1. The van der Waals surface area contributed by atoms with Gasteiger partial charge >= 0.3 is 5.97 Å². The molecule has 3 heterocycles. The van der Waals surface area contributed by atoms with E-state index in [0.717, 1.165) is 49.7 Å². The molecule has 43 heavy (non-hydrogen) atoms. The number of imidazole rings is 1. The average Bonchev–Trinajstić information content (AvgIpc) is 3.65. The Balaban J connectivity index is 0.00000212. The zero-order chi connectivity index (χ0) is 28.6. The van der Waals surface area contributed by atoms with Crippen molar-refractivity contribution in [2.45, 2.75) is 93.3 Å². The van der Waals surface area contributed by atoms with Crippen molar-refractivity contribution in [3.8, 4) is 0 Å². The van der Waals surface area contributed by atoms with Gasteiger partial charge in [-0.1, -0.05) is 12.8 Å². The molecule has 1 saturated heterocycles. The molecule has 0 amide bonds. The van der Waals surface area contributed by atoms with Crippen LogP contribution in [0.15, 0.2) is 35.5 Å². The van der Waals surface area contributed by atoms with Crippen LogP contribution in [0.1, 0.15) is 80.6 Å². The average molecular weight is 656 g/mol. The van der Waals surface area contributed by atoms with Crippen LogP contribution in [0.2, 0.25) is 0 Å². The summed E-state index contributed by atoms with van der Waals surface area (Å²) in [6.07, 6.45) is 11.7. The molecule has 3 aliphatic rings. The highest BCUT2D eigenvalue weighted by Gasteiger charge is 2.31. The van der Waals surface area contributed by atoms with Gasteiger partial charge in [-0.2, -0.15) is 14.3 Å². The van der Waals surface area contributed by atoms with Crippen molar-refractivity contribution in [3.05, 3.63) is 36.2 Å². The van der Waals surface area contributed by atoms with Gasteiger partial charge in [-0.15, -0.1) is 24.8 Å². The summed E-state index contributed by atoms with van der Waals surface area (Å²) in [7, 11) is -3.72. The molecule has 3 aromatic rings. The molecule has 2 aromatic heterocycles. The highest BCUT2D eigenvalue weighted by Crippen LogP contribution is 2.34. The largest absolute Gasteiger partial charge is 0.478 e. The second-order valence-electron chi connectivity index (χ2n) is 11.6. The van der Waals surface area contributed by atoms with E-state index >= 15 is 0 Å². The molecule has 1 aromatic carbocycles. The van der Waals surface area contributed by atoms with Crippen molar-refractivity contribution in [2.24, 2.45) is 5.73 Å². The van der Waals surface area contributed by atoms with Gasteiger partial charge in [-0.25, -0.2) is 18.2 Å². The Hall–Kier alpha value is -2.71. The van der Waals surface area contributed by atoms with E-state index in [9.17, 15) is 13.2 Å². The third-order valence-corrected chi connectivity index (χ3v) is 10.7. The van der Waals surface area contributed by atoms with E-state index in [1.807, 2.05) is 6.33 Å². The molecule has 2 saturated carbocycles. The minimum atomic E-state index is -3.72. The monoisotopic (exact) mass is 654 g/mol. The number of rotatable bonds is 8. The predicted molar refractivity (Wildman–Crippen MR) is 170 cm³/mol. The molecule has 5 N–H and O–H groups in total. The van der Waals surface area contributed by atoms with Crippen molar-refractivity contribution in [3.63, 3.8) is 0 Å². The van der Waals surface area contributed by atoms with Crippen LogP contribution in [-0.2, 0) is 10.0 Å². The van der Waals surface area contributed by atoms with Crippen LogP contribution in [-0.4, -0.2) is 74.5 Å². The Bertz CT molecular complexity index is 1500. The molecule has 0 radical (unpaired) electrons. The normalized spacial score (nSPS) is 22.1. The number of carboxylic acids is 1. The van der Waals surface area contributed by atoms with Crippen molar-refractivity contribution in [2.75, 3.05) is 23.7 Å². The standard InChI is InChI=1S/C28H38N8O4S.2ClH/c29-19-7-9-20(10-8-19)32-28-33-25(24-26(34-28)36(17-30-24)22-3-1-2-4-22)31-21-13-15-35(16-14-21)41(39,40)23-11-5-18(6-12-23)27(37)38;;/h5-6,11-12,17,19-22H,1-4,7-10,13-16,29H2,(H,37,38)(H2,31,32,33,34);2*1H/t19-,20-;;. The molecule has 1 aliphatic heterocycles. The molecule has 0 unspecified atom stereocenters. The Morgan fingerprint density at radius 3 is 2.14 bits per heavy atom. The molecule has 2 aliphatic carbocycles. The van der Waals surface area contributed by atoms with Gasteiger partial charge in [0.1, 0.15) is 0 Å². The lowest BCUT2D eigenvalue weighted by atomic mass is 9.92. The highest BCUT2D eigenvalue weighted by molar-refractivity contribution is 7.89. The molecule has 15 heteroatoms. The van der Waals surface area contributed by atoms with Crippen molar-refractivity contribution < 1.29 is 18.3 Å². The lowest BCUT2D eigenvalue weighted by Gasteiger charge is -2.32. The van der Waals surface area contributed by atoms with Gasteiger partial charge < -0.3 is 26.0 Å². The molecule has 12 nitrogen and oxygen atoms in total. The number of aromatic carboxylic acids is 1. The minimum absolute atomic E-state index is 0. The second-order valence-corrected chi connectivity index (χ2v) is 13.5. The van der Waals surface area contributed by atoms with Gasteiger partial charge in [0.2, 0.25) is 16.0 Å². The van der Waals surface area contributed by atoms with Crippen LogP contribution in [0, 0.1) is 0 Å². The number of nitrogens with one attached hydrogen (secondary N) is 2. The van der Waals surface area contributed by atoms with Crippen LogP contribution < -0.4 is 16.4 Å². The molecule has 0 spiro atoms. The van der Waals surface area contributed by atoms with Gasteiger partial charge in [-0.05, 0) is 75.6 Å². The fourth-order valence-corrected chi connectivity index (χ4v) is 7.80. The number of carbonyl (C=O) groups is 1. The molecule has 3 fully saturated rings. The van der Waals surface area contributed by atoms with Gasteiger partial charge in [-0.3, -0.25) is 0 Å². The molecule has 0 bridgehead atoms. The minimum Gasteiger partial charge on any atom is -0.478 e. The van der Waals surface area contributed by atoms with Crippen LogP contribution in [0.5, 0.6) is 0 Å². The number of nitrogens with zero attached hydrogens (tertiary/aromatic N) is 5. The van der Waals surface area contributed by atoms with E-state index in [0.29, 0.717) is 43.7 Å². The lowest BCUT2D eigenvalue weighted by Crippen LogP contribution is -2.42. The summed E-state index contributed by atoms with van der Waals surface area (Å²) in [5.74, 6) is 0.173. The van der Waals surface area contributed by atoms with E-state index in [1.54, 1.807) is 0 Å². The SMILES string of the molecule is Cl.Cl.N[C@H]1CC[C@H](Nc2nc(NC3CCN(S(=O)(=O)c4ccc(C(=O)O)cc4)CC3)c3ncn(C4CCCC4)c3n2)CC1. The van der Waals surface area contributed by atoms with E-state index in [2.05, 4.69) is 15.2 Å². The predicted octanol–water partition coefficient (Wildman–Crippen LogP) is 4.43. The number of hydrogen-bond donors (Lipinski definition) is 4. The van der Waals surface area contributed by atoms with E-state index in [1.165, 1.54) is 41.4 Å². The maximum absolute atomic E-state index is 13.2. The van der Waals surface area contributed by atoms with Crippen LogP contribution in [0.25, 0.3) is 11.2 Å². The quantitative estimate of drug-likeness (QED) is 0.273. The number of halogens is 2. The Morgan fingerprint density at radius 1 is 0.884 bits per heavy atom. The fourth-order valence-electron chi connectivity index (χ4n) is 6.33. The number of nitrogens with two attached hydrogens (primary N) is 1. The number of benzene rings is 1. The molecule has 6 rings (SSSR count). The Morgan fingerprint density at radius 2 is 1.51 bits per heavy atom. The van der Waals surface area contributed by atoms with Crippen molar-refractivity contribution in [1.82, 2.24) is 23.8 Å². The molecular weight excluding hydrogens is 615 g/mol. The highest BCUT2D eigenvalue weighted by atomic mass is 35.5. The number of hydrogen-bond acceptors (Lipinski definition) is 9. The summed E-state index contributed by atoms with van der Waals surface area (Å²) in [6.45, 7) is 0.692. The number of sulfonamides is 1. The van der Waals surface area contributed by atoms with Crippen LogP contribution in [0.4, 0.5) is 11.8 Å². The lowest BCUT2D eigenvalue weighted by molar-refractivity contribution is 0.0696. The van der Waals surface area contributed by atoms with Crippen molar-refractivity contribution in [1.29, 1.82) is 0 Å². The van der Waals surface area contributed by atoms with Crippen LogP contribution >= 0.6 is 24.8 Å². The zero-order valence-corrected chi connectivity index (χ0v) is 26.3. The van der Waals surface area contributed by atoms with Gasteiger partial charge in [0.05, 0.1) is 16.8 Å². The zero-order valence-electron chi connectivity index (χ0n) is 23.9. The van der Waals surface area contributed by atoms with E-state index in [-0.39, 0.29) is 53.4 Å². The summed E-state index contributed by atoms with van der Waals surface area (Å²) in [5.41, 5.74) is 7.73. The first-order valence-electron chi connectivity index (χ1n) is 14.6. The first-order valence-corrected chi connectivity index (χ1v) is 16.1. The van der Waals surface area contributed by atoms with E-state index < -0.39 is 16.0 Å². The topological polar surface area (TPSA) is 168 Å². The number of anilines is 2. The number of carboxylic acid groups (broad SMARTS) is 1. The molecule has 0 atom stereocenters. The van der Waals surface area contributed by atoms with Gasteiger partial charge in [0.15, 0.2) is 17.0 Å². The van der Waals surface area contributed by atoms with E-state index in [4.69, 9.17) is 25.8 Å². The first kappa shape index (κ1) is 33.2. The maximum atomic E-state index is 13.2. The Kier molecular flexibility index (Phi) is 10.8. The van der Waals surface area contributed by atoms with Crippen molar-refractivity contribution >= 4 is 63.7 Å². The smallest absolute Gasteiger partial charge is 0.335 e. The maximum Gasteiger partial charge on any atom is 0.335 e. The van der Waals surface area contributed by atoms with Crippen LogP contribution in [0.3, 0.4) is 0 Å². The second kappa shape index (κ2) is 13.9. The van der Waals surface area contributed by atoms with Gasteiger partial charge in [0, 0.05) is 37.3 Å².